The maximum atomic E-state index is 3.73. The van der Waals surface area contributed by atoms with E-state index >= 15 is 0 Å². The van der Waals surface area contributed by atoms with E-state index in [-0.39, 0.29) is 0 Å². The van der Waals surface area contributed by atoms with Gasteiger partial charge in [-0.15, -0.1) is 0 Å². The smallest absolute Gasteiger partial charge is 0.0295 e. The molecule has 2 nitrogen and oxygen atoms in total. The molecule has 0 aliphatic carbocycles. The molecule has 0 aromatic heterocycles. The first-order valence-electron chi connectivity index (χ1n) is 6.35. The van der Waals surface area contributed by atoms with E-state index in [1.165, 1.54) is 31.5 Å². The number of nitrogens with one attached hydrogen (secondary N) is 1. The van der Waals surface area contributed by atoms with Gasteiger partial charge >= 0.3 is 0 Å². The van der Waals surface area contributed by atoms with Gasteiger partial charge in [0.1, 0.15) is 0 Å². The maximum Gasteiger partial charge on any atom is 0.0295 e. The average molecular weight is 297 g/mol. The molecule has 2 rings (SSSR count). The summed E-state index contributed by atoms with van der Waals surface area (Å²) in [4.78, 5) is 2.41. The largest absolute Gasteiger partial charge is 0.306 e. The zero-order valence-corrected chi connectivity index (χ0v) is 12.2. The normalized spacial score (nSPS) is 23.6. The lowest BCUT2D eigenvalue weighted by molar-refractivity contribution is 0.218. The highest BCUT2D eigenvalue weighted by Gasteiger charge is 2.19. The maximum absolute atomic E-state index is 3.73. The first kappa shape index (κ1) is 13.1. The third kappa shape index (κ3) is 3.80. The summed E-state index contributed by atoms with van der Waals surface area (Å²) in [5.41, 5.74) is 1.35. The summed E-state index contributed by atoms with van der Waals surface area (Å²) in [6.45, 7) is 4.65. The molecule has 0 bridgehead atoms. The minimum Gasteiger partial charge on any atom is -0.306 e. The quantitative estimate of drug-likeness (QED) is 0.921. The lowest BCUT2D eigenvalue weighted by atomic mass is 10.0. The van der Waals surface area contributed by atoms with Crippen LogP contribution in [0.3, 0.4) is 0 Å². The van der Waals surface area contributed by atoms with Gasteiger partial charge in [-0.25, -0.2) is 0 Å². The van der Waals surface area contributed by atoms with Crippen molar-refractivity contribution in [2.45, 2.75) is 31.8 Å². The number of halogens is 1. The van der Waals surface area contributed by atoms with Gasteiger partial charge in [0.05, 0.1) is 0 Å². The highest BCUT2D eigenvalue weighted by Crippen LogP contribution is 2.19. The second-order valence-electron chi connectivity index (χ2n) is 5.04. The number of likely N-dealkylation sites (N-methyl/N-ethyl adjacent to an activating group) is 1. The van der Waals surface area contributed by atoms with Gasteiger partial charge in [-0.2, -0.15) is 0 Å². The van der Waals surface area contributed by atoms with Crippen LogP contribution in [0.2, 0.25) is 0 Å². The Labute approximate surface area is 113 Å². The summed E-state index contributed by atoms with van der Waals surface area (Å²) in [6, 6.07) is 9.61. The van der Waals surface area contributed by atoms with E-state index in [9.17, 15) is 0 Å². The Morgan fingerprint density at radius 3 is 3.00 bits per heavy atom. The molecule has 1 heterocycles. The van der Waals surface area contributed by atoms with Gasteiger partial charge < -0.3 is 10.2 Å². The average Bonchev–Trinajstić information content (AvgIpc) is 2.29. The van der Waals surface area contributed by atoms with E-state index in [0.29, 0.717) is 12.1 Å². The molecule has 1 saturated heterocycles. The lowest BCUT2D eigenvalue weighted by Crippen LogP contribution is -2.44. The van der Waals surface area contributed by atoms with E-state index < -0.39 is 0 Å². The predicted octanol–water partition coefficient (Wildman–Crippen LogP) is 3.19. The summed E-state index contributed by atoms with van der Waals surface area (Å²) in [6.07, 6.45) is 2.60. The van der Waals surface area contributed by atoms with Gasteiger partial charge in [0.25, 0.3) is 0 Å². The zero-order chi connectivity index (χ0) is 12.3. The first-order valence-corrected chi connectivity index (χ1v) is 7.14. The summed E-state index contributed by atoms with van der Waals surface area (Å²) >= 11 is 3.53. The van der Waals surface area contributed by atoms with Crippen molar-refractivity contribution in [3.8, 4) is 0 Å². The number of nitrogens with zero attached hydrogens (tertiary/aromatic N) is 1. The number of piperidine rings is 1. The number of rotatable bonds is 3. The molecule has 1 N–H and O–H groups in total. The van der Waals surface area contributed by atoms with Crippen molar-refractivity contribution >= 4 is 15.9 Å². The van der Waals surface area contributed by atoms with Gasteiger partial charge in [0.15, 0.2) is 0 Å². The molecule has 0 radical (unpaired) electrons. The Kier molecular flexibility index (Phi) is 4.60. The second-order valence-corrected chi connectivity index (χ2v) is 5.96. The Bertz CT molecular complexity index is 367. The fourth-order valence-electron chi connectivity index (χ4n) is 2.53. The number of hydrogen-bond acceptors (Lipinski definition) is 2. The van der Waals surface area contributed by atoms with Gasteiger partial charge in [-0.05, 0) is 51.1 Å². The molecule has 1 fully saturated rings. The molecule has 94 valence electrons. The molecule has 1 unspecified atom stereocenters. The van der Waals surface area contributed by atoms with Crippen LogP contribution < -0.4 is 5.32 Å². The van der Waals surface area contributed by atoms with E-state index in [2.05, 4.69) is 64.4 Å². The van der Waals surface area contributed by atoms with Crippen molar-refractivity contribution in [2.24, 2.45) is 0 Å². The number of hydrogen-bond donors (Lipinski definition) is 1. The van der Waals surface area contributed by atoms with Crippen LogP contribution in [0.4, 0.5) is 0 Å². The van der Waals surface area contributed by atoms with Crippen LogP contribution in [0.15, 0.2) is 28.7 Å². The van der Waals surface area contributed by atoms with Gasteiger partial charge in [-0.3, -0.25) is 0 Å². The topological polar surface area (TPSA) is 15.3 Å². The molecular weight excluding hydrogens is 276 g/mol. The molecule has 1 aliphatic heterocycles. The highest BCUT2D eigenvalue weighted by atomic mass is 79.9. The van der Waals surface area contributed by atoms with E-state index in [4.69, 9.17) is 0 Å². The predicted molar refractivity (Wildman–Crippen MR) is 76.2 cm³/mol. The van der Waals surface area contributed by atoms with Crippen molar-refractivity contribution < 1.29 is 0 Å². The lowest BCUT2D eigenvalue weighted by Gasteiger charge is -2.32. The summed E-state index contributed by atoms with van der Waals surface area (Å²) < 4.78 is 1.16. The van der Waals surface area contributed by atoms with E-state index in [0.717, 1.165) is 4.47 Å². The van der Waals surface area contributed by atoms with Crippen LogP contribution in [0.1, 0.15) is 31.4 Å². The van der Waals surface area contributed by atoms with Gasteiger partial charge in [0.2, 0.25) is 0 Å². The van der Waals surface area contributed by atoms with E-state index in [1.807, 2.05) is 0 Å². The van der Waals surface area contributed by atoms with Crippen molar-refractivity contribution in [3.63, 3.8) is 0 Å². The number of benzene rings is 1. The fraction of sp³-hybridized carbons (Fsp3) is 0.571. The van der Waals surface area contributed by atoms with Crippen LogP contribution in [0.5, 0.6) is 0 Å². The summed E-state index contributed by atoms with van der Waals surface area (Å²) in [7, 11) is 2.21. The zero-order valence-electron chi connectivity index (χ0n) is 10.6. The first-order chi connectivity index (χ1) is 8.15. The minimum absolute atomic E-state index is 0.420. The molecule has 3 heteroatoms. The third-order valence-corrected chi connectivity index (χ3v) is 3.95. The Morgan fingerprint density at radius 1 is 1.47 bits per heavy atom. The Morgan fingerprint density at radius 2 is 2.29 bits per heavy atom. The Hall–Kier alpha value is -0.380. The van der Waals surface area contributed by atoms with E-state index in [1.54, 1.807) is 0 Å². The standard InChI is InChI=1S/C14H21BrN2/c1-11(12-5-3-6-13(15)9-12)16-14-7-4-8-17(2)10-14/h3,5-6,9,11,14,16H,4,7-8,10H2,1-2H3/t11-,14?/m0/s1. The van der Waals surface area contributed by atoms with Crippen LogP contribution in [0.25, 0.3) is 0 Å². The Balaban J connectivity index is 1.94. The summed E-state index contributed by atoms with van der Waals surface area (Å²) in [5, 5.41) is 3.73. The van der Waals surface area contributed by atoms with Crippen LogP contribution >= 0.6 is 15.9 Å². The van der Waals surface area contributed by atoms with Gasteiger partial charge in [0, 0.05) is 23.1 Å². The molecular formula is C14H21BrN2. The molecule has 0 amide bonds. The van der Waals surface area contributed by atoms with Crippen LogP contribution in [-0.4, -0.2) is 31.1 Å². The van der Waals surface area contributed by atoms with Crippen molar-refractivity contribution in [2.75, 3.05) is 20.1 Å². The third-order valence-electron chi connectivity index (χ3n) is 3.46. The number of likely N-dealkylation sites (tertiary alicyclic amines) is 1. The van der Waals surface area contributed by atoms with Crippen LogP contribution in [-0.2, 0) is 0 Å². The highest BCUT2D eigenvalue weighted by molar-refractivity contribution is 9.10. The van der Waals surface area contributed by atoms with Gasteiger partial charge in [-0.1, -0.05) is 28.1 Å². The van der Waals surface area contributed by atoms with Crippen molar-refractivity contribution in [3.05, 3.63) is 34.3 Å². The second kappa shape index (κ2) is 5.98. The molecule has 0 spiro atoms. The molecule has 1 aromatic carbocycles. The SMILES string of the molecule is C[C@H](NC1CCCN(C)C1)c1cccc(Br)c1. The van der Waals surface area contributed by atoms with Crippen molar-refractivity contribution in [1.82, 2.24) is 10.2 Å². The fourth-order valence-corrected chi connectivity index (χ4v) is 2.95. The summed E-state index contributed by atoms with van der Waals surface area (Å²) in [5.74, 6) is 0. The van der Waals surface area contributed by atoms with Crippen LogP contribution in [0, 0.1) is 0 Å². The van der Waals surface area contributed by atoms with Crippen molar-refractivity contribution in [1.29, 1.82) is 0 Å². The monoisotopic (exact) mass is 296 g/mol. The molecule has 2 atom stereocenters. The minimum atomic E-state index is 0.420. The molecule has 1 aliphatic rings. The molecule has 0 saturated carbocycles. The molecule has 1 aromatic rings. The molecule has 17 heavy (non-hydrogen) atoms.